The summed E-state index contributed by atoms with van der Waals surface area (Å²) in [6.07, 6.45) is 3.92. The molecule has 6 nitrogen and oxygen atoms in total. The Morgan fingerprint density at radius 1 is 1.19 bits per heavy atom. The molecule has 0 radical (unpaired) electrons. The van der Waals surface area contributed by atoms with E-state index in [1.807, 2.05) is 55.5 Å². The molecule has 0 spiro atoms. The van der Waals surface area contributed by atoms with Crippen LogP contribution in [0.2, 0.25) is 5.02 Å². The normalized spacial score (nSPS) is 11.1. The Bertz CT molecular complexity index is 1470. The molecule has 3 aromatic carbocycles. The number of carbonyl (C=O) groups is 1. The molecule has 0 saturated carbocycles. The zero-order valence-corrected chi connectivity index (χ0v) is 24.4. The topological polar surface area (TPSA) is 73.1 Å². The van der Waals surface area contributed by atoms with Gasteiger partial charge in [0.2, 0.25) is 0 Å². The number of carbonyl (C=O) groups excluding carboxylic acids is 1. The number of amides is 1. The van der Waals surface area contributed by atoms with E-state index in [2.05, 4.69) is 55.6 Å². The highest BCUT2D eigenvalue weighted by Crippen LogP contribution is 2.34. The highest BCUT2D eigenvalue weighted by Gasteiger charge is 2.15. The van der Waals surface area contributed by atoms with Gasteiger partial charge in [-0.1, -0.05) is 45.7 Å². The second kappa shape index (κ2) is 12.6. The first-order valence-electron chi connectivity index (χ1n) is 11.4. The summed E-state index contributed by atoms with van der Waals surface area (Å²) in [5.74, 6) is 0.956. The fraction of sp³-hybridized carbons (Fsp3) is 0.143. The van der Waals surface area contributed by atoms with Crippen molar-refractivity contribution in [2.45, 2.75) is 20.0 Å². The summed E-state index contributed by atoms with van der Waals surface area (Å²) in [6, 6.07) is 16.8. The molecule has 9 heteroatoms. The third-order valence-electron chi connectivity index (χ3n) is 5.25. The fourth-order valence-electron chi connectivity index (χ4n) is 3.64. The third-order valence-corrected chi connectivity index (χ3v) is 6.76. The van der Waals surface area contributed by atoms with Crippen molar-refractivity contribution in [3.8, 4) is 11.5 Å². The van der Waals surface area contributed by atoms with E-state index in [9.17, 15) is 4.79 Å². The summed E-state index contributed by atoms with van der Waals surface area (Å²) in [6.45, 7) is 6.59. The number of nitrogens with zero attached hydrogens (tertiary/aromatic N) is 1. The lowest BCUT2D eigenvalue weighted by molar-refractivity contribution is 0.0929. The van der Waals surface area contributed by atoms with Gasteiger partial charge >= 0.3 is 5.91 Å². The van der Waals surface area contributed by atoms with Gasteiger partial charge in [0, 0.05) is 20.4 Å². The van der Waals surface area contributed by atoms with E-state index in [1.165, 1.54) is 0 Å². The van der Waals surface area contributed by atoms with Crippen molar-refractivity contribution in [2.24, 2.45) is 5.10 Å². The van der Waals surface area contributed by atoms with Crippen LogP contribution in [0.5, 0.6) is 11.5 Å². The lowest BCUT2D eigenvalue weighted by atomic mass is 10.1. The van der Waals surface area contributed by atoms with E-state index in [0.29, 0.717) is 41.7 Å². The van der Waals surface area contributed by atoms with Crippen molar-refractivity contribution < 1.29 is 18.7 Å². The number of hydrogen-bond donors (Lipinski definition) is 1. The lowest BCUT2D eigenvalue weighted by Gasteiger charge is -2.17. The second-order valence-electron chi connectivity index (χ2n) is 7.96. The number of fused-ring (bicyclic) bond motifs is 1. The molecule has 0 bridgehead atoms. The van der Waals surface area contributed by atoms with Crippen LogP contribution in [0.1, 0.15) is 34.2 Å². The second-order valence-corrected chi connectivity index (χ2v) is 10.5. The zero-order chi connectivity index (χ0) is 26.4. The molecule has 0 atom stereocenters. The molecule has 0 fully saturated rings. The number of hydrogen-bond acceptors (Lipinski definition) is 5. The van der Waals surface area contributed by atoms with E-state index >= 15 is 0 Å². The number of furan rings is 1. The minimum Gasteiger partial charge on any atom is -0.490 e. The van der Waals surface area contributed by atoms with Gasteiger partial charge in [-0.3, -0.25) is 4.79 Å². The first-order chi connectivity index (χ1) is 17.9. The molecule has 1 amide bonds. The molecule has 190 valence electrons. The Kier molecular flexibility index (Phi) is 9.28. The van der Waals surface area contributed by atoms with Gasteiger partial charge in [-0.2, -0.15) is 5.10 Å². The molecule has 0 unspecified atom stereocenters. The van der Waals surface area contributed by atoms with E-state index in [-0.39, 0.29) is 5.76 Å². The van der Waals surface area contributed by atoms with Crippen LogP contribution in [-0.4, -0.2) is 18.7 Å². The molecule has 0 aliphatic rings. The Labute approximate surface area is 241 Å². The zero-order valence-electron chi connectivity index (χ0n) is 19.9. The minimum absolute atomic E-state index is 0.177. The molecular weight excluding hydrogens is 671 g/mol. The quantitative estimate of drug-likeness (QED) is 0.0793. The molecule has 0 saturated heterocycles. The molecule has 0 aliphatic carbocycles. The molecule has 1 heterocycles. The molecule has 0 aliphatic heterocycles. The third kappa shape index (κ3) is 6.94. The molecule has 37 heavy (non-hydrogen) atoms. The number of ether oxygens (including phenoxy) is 2. The number of hydrazone groups is 1. The number of halogens is 3. The molecule has 1 N–H and O–H groups in total. The van der Waals surface area contributed by atoms with Gasteiger partial charge in [0.1, 0.15) is 12.2 Å². The average Bonchev–Trinajstić information content (AvgIpc) is 3.30. The van der Waals surface area contributed by atoms with Gasteiger partial charge in [-0.05, 0) is 89.5 Å². The summed E-state index contributed by atoms with van der Waals surface area (Å²) in [5.41, 5.74) is 5.80. The van der Waals surface area contributed by atoms with Crippen molar-refractivity contribution in [3.05, 3.63) is 103 Å². The standard InChI is InChI=1S/C28H23BrClIN2O4/c1-3-5-19-10-18(11-24(35-4-2)27(19)36-16-17-6-8-22(30)9-7-17)15-32-33-28(34)25-13-20-12-21(29)14-23(31)26(20)37-25/h3,6-15H,1,4-5,16H2,2H3,(H,33,34)/b32-15-. The van der Waals surface area contributed by atoms with Crippen LogP contribution in [0.3, 0.4) is 0 Å². The van der Waals surface area contributed by atoms with Gasteiger partial charge in [0.05, 0.1) is 16.4 Å². The van der Waals surface area contributed by atoms with E-state index in [1.54, 1.807) is 18.4 Å². The largest absolute Gasteiger partial charge is 0.490 e. The van der Waals surface area contributed by atoms with Crippen molar-refractivity contribution in [2.75, 3.05) is 6.61 Å². The van der Waals surface area contributed by atoms with Crippen molar-refractivity contribution in [1.29, 1.82) is 0 Å². The fourth-order valence-corrected chi connectivity index (χ4v) is 5.42. The monoisotopic (exact) mass is 692 g/mol. The van der Waals surface area contributed by atoms with Gasteiger partial charge in [-0.25, -0.2) is 5.43 Å². The predicted octanol–water partition coefficient (Wildman–Crippen LogP) is 7.92. The summed E-state index contributed by atoms with van der Waals surface area (Å²) >= 11 is 11.6. The summed E-state index contributed by atoms with van der Waals surface area (Å²) in [4.78, 5) is 12.6. The molecular formula is C28H23BrClIN2O4. The highest BCUT2D eigenvalue weighted by molar-refractivity contribution is 14.1. The van der Waals surface area contributed by atoms with E-state index < -0.39 is 5.91 Å². The Hall–Kier alpha value is -2.82. The lowest BCUT2D eigenvalue weighted by Crippen LogP contribution is -2.16. The van der Waals surface area contributed by atoms with Crippen LogP contribution in [0.25, 0.3) is 11.0 Å². The van der Waals surface area contributed by atoms with Crippen molar-refractivity contribution >= 4 is 73.2 Å². The van der Waals surface area contributed by atoms with E-state index in [0.717, 1.165) is 30.1 Å². The van der Waals surface area contributed by atoms with Gasteiger partial charge in [0.25, 0.3) is 0 Å². The minimum atomic E-state index is -0.446. The molecule has 4 aromatic rings. The van der Waals surface area contributed by atoms with Crippen LogP contribution in [0, 0.1) is 3.57 Å². The smallest absolute Gasteiger partial charge is 0.307 e. The van der Waals surface area contributed by atoms with Crippen LogP contribution >= 0.6 is 50.1 Å². The maximum absolute atomic E-state index is 12.6. The summed E-state index contributed by atoms with van der Waals surface area (Å²) < 4.78 is 19.6. The number of allylic oxidation sites excluding steroid dienone is 1. The van der Waals surface area contributed by atoms with Crippen LogP contribution < -0.4 is 14.9 Å². The van der Waals surface area contributed by atoms with Gasteiger partial charge in [-0.15, -0.1) is 6.58 Å². The van der Waals surface area contributed by atoms with E-state index in [4.69, 9.17) is 25.5 Å². The Morgan fingerprint density at radius 3 is 2.70 bits per heavy atom. The first kappa shape index (κ1) is 27.2. The van der Waals surface area contributed by atoms with Crippen molar-refractivity contribution in [3.63, 3.8) is 0 Å². The highest BCUT2D eigenvalue weighted by atomic mass is 127. The van der Waals surface area contributed by atoms with Crippen LogP contribution in [0.15, 0.2) is 81.2 Å². The maximum atomic E-state index is 12.6. The molecule has 1 aromatic heterocycles. The molecule has 4 rings (SSSR count). The Balaban J connectivity index is 1.53. The summed E-state index contributed by atoms with van der Waals surface area (Å²) in [5, 5.41) is 5.63. The summed E-state index contributed by atoms with van der Waals surface area (Å²) in [7, 11) is 0. The van der Waals surface area contributed by atoms with Gasteiger partial charge < -0.3 is 13.9 Å². The first-order valence-corrected chi connectivity index (χ1v) is 13.6. The predicted molar refractivity (Wildman–Crippen MR) is 159 cm³/mol. The average molecular weight is 694 g/mol. The maximum Gasteiger partial charge on any atom is 0.307 e. The van der Waals surface area contributed by atoms with Crippen LogP contribution in [-0.2, 0) is 13.0 Å². The van der Waals surface area contributed by atoms with Crippen molar-refractivity contribution in [1.82, 2.24) is 5.43 Å². The van der Waals surface area contributed by atoms with Gasteiger partial charge in [0.15, 0.2) is 17.3 Å². The number of benzene rings is 3. The van der Waals surface area contributed by atoms with Crippen LogP contribution in [0.4, 0.5) is 0 Å². The Morgan fingerprint density at radius 2 is 1.97 bits per heavy atom. The SMILES string of the molecule is C=CCc1cc(/C=N\NC(=O)c2cc3cc(Br)cc(I)c3o2)cc(OCC)c1OCc1ccc(Cl)cc1. The number of nitrogens with one attached hydrogen (secondary N) is 1. The number of rotatable bonds is 10.